The van der Waals surface area contributed by atoms with E-state index in [1.807, 2.05) is 17.9 Å². The number of aryl methyl sites for hydroxylation is 1. The second kappa shape index (κ2) is 2.37. The summed E-state index contributed by atoms with van der Waals surface area (Å²) in [5.74, 6) is 0.558. The average molecular weight is 163 g/mol. The van der Waals surface area contributed by atoms with E-state index >= 15 is 0 Å². The second-order valence-corrected chi connectivity index (χ2v) is 3.42. The fraction of sp³-hybridized carbons (Fsp3) is 0.444. The van der Waals surface area contributed by atoms with Crippen molar-refractivity contribution in [3.05, 3.63) is 17.8 Å². The lowest BCUT2D eigenvalue weighted by Gasteiger charge is -2.15. The zero-order valence-electron chi connectivity index (χ0n) is 7.63. The highest BCUT2D eigenvalue weighted by Crippen LogP contribution is 2.22. The number of fused-ring (bicyclic) bond motifs is 1. The minimum Gasteiger partial charge on any atom is -0.293 e. The van der Waals surface area contributed by atoms with Crippen molar-refractivity contribution in [3.63, 3.8) is 0 Å². The van der Waals surface area contributed by atoms with Crippen LogP contribution in [0.25, 0.3) is 11.2 Å². The van der Waals surface area contributed by atoms with Gasteiger partial charge in [0.15, 0.2) is 5.65 Å². The predicted octanol–water partition coefficient (Wildman–Crippen LogP) is 2.02. The first kappa shape index (κ1) is 7.40. The molecule has 0 bridgehead atoms. The molecule has 12 heavy (non-hydrogen) atoms. The van der Waals surface area contributed by atoms with E-state index in [2.05, 4.69) is 30.0 Å². The summed E-state index contributed by atoms with van der Waals surface area (Å²) in [4.78, 5) is 4.25. The molecule has 3 heteroatoms. The first-order chi connectivity index (χ1) is 5.70. The van der Waals surface area contributed by atoms with Crippen molar-refractivity contribution in [1.29, 1.82) is 0 Å². The molecular weight excluding hydrogens is 150 g/mol. The Kier molecular flexibility index (Phi) is 1.46. The van der Waals surface area contributed by atoms with Crippen LogP contribution in [-0.4, -0.2) is 14.8 Å². The second-order valence-electron chi connectivity index (χ2n) is 3.42. The zero-order chi connectivity index (χ0) is 8.72. The molecule has 64 valence electrons. The van der Waals surface area contributed by atoms with E-state index in [4.69, 9.17) is 0 Å². The van der Waals surface area contributed by atoms with E-state index in [9.17, 15) is 0 Å². The summed E-state index contributed by atoms with van der Waals surface area (Å²) < 4.78 is 1.93. The van der Waals surface area contributed by atoms with Crippen LogP contribution < -0.4 is 0 Å². The van der Waals surface area contributed by atoms with E-state index in [1.165, 1.54) is 11.1 Å². The molecule has 0 aromatic carbocycles. The number of hydrogen-bond donors (Lipinski definition) is 1. The molecule has 0 saturated heterocycles. The molecule has 3 nitrogen and oxygen atoms in total. The molecule has 0 fully saturated rings. The lowest BCUT2D eigenvalue weighted by Crippen LogP contribution is -2.09. The Morgan fingerprint density at radius 3 is 2.83 bits per heavy atom. The van der Waals surface area contributed by atoms with Crippen LogP contribution in [0.1, 0.15) is 25.3 Å². The number of H-pyrrole nitrogens is 1. The van der Waals surface area contributed by atoms with Gasteiger partial charge >= 0.3 is 0 Å². The number of nitrogens with one attached hydrogen (secondary N) is 1. The van der Waals surface area contributed by atoms with Gasteiger partial charge in [-0.25, -0.2) is 4.98 Å². The summed E-state index contributed by atoms with van der Waals surface area (Å²) in [6.45, 7) is 4.38. The maximum atomic E-state index is 4.25. The highest BCUT2D eigenvalue weighted by Gasteiger charge is 2.10. The Balaban J connectivity index is 2.63. The molecule has 2 rings (SSSR count). The van der Waals surface area contributed by atoms with Crippen LogP contribution in [0.3, 0.4) is 0 Å². The molecule has 1 N–H and O–H groups in total. The van der Waals surface area contributed by atoms with Gasteiger partial charge in [0.25, 0.3) is 0 Å². The largest absolute Gasteiger partial charge is 0.293 e. The van der Waals surface area contributed by atoms with Gasteiger partial charge in [-0.3, -0.25) is 9.78 Å². The quantitative estimate of drug-likeness (QED) is 0.685. The normalized spacial score (nSPS) is 11.7. The number of pyridine rings is 1. The smallest absolute Gasteiger partial charge is 0.172 e. The molecule has 0 aliphatic carbocycles. The molecule has 0 saturated carbocycles. The molecule has 0 amide bonds. The topological polar surface area (TPSA) is 33.6 Å². The minimum atomic E-state index is 0.558. The highest BCUT2D eigenvalue weighted by atomic mass is 15.3. The van der Waals surface area contributed by atoms with E-state index in [0.29, 0.717) is 5.92 Å². The van der Waals surface area contributed by atoms with Crippen molar-refractivity contribution in [2.24, 2.45) is 7.05 Å². The Labute approximate surface area is 71.4 Å². The van der Waals surface area contributed by atoms with Crippen molar-refractivity contribution < 1.29 is 0 Å². The van der Waals surface area contributed by atoms with Gasteiger partial charge in [0.1, 0.15) is 5.52 Å². The standard InChI is InChI=1S/C9H13N3/c1-6(2)7-4-5-10-9-8(7)11-12(9)3/h4-6,11H,1-3H3. The summed E-state index contributed by atoms with van der Waals surface area (Å²) in [6, 6.07) is 2.07. The van der Waals surface area contributed by atoms with E-state index in [0.717, 1.165) is 5.65 Å². The SMILES string of the molecule is CC(C)c1ccnc2c1[nH]n2C. The number of hydrogen-bond acceptors (Lipinski definition) is 1. The van der Waals surface area contributed by atoms with Crippen LogP contribution in [-0.2, 0) is 7.05 Å². The monoisotopic (exact) mass is 163 g/mol. The van der Waals surface area contributed by atoms with Gasteiger partial charge in [0.2, 0.25) is 0 Å². The minimum absolute atomic E-state index is 0.558. The molecule has 0 aliphatic rings. The third-order valence-corrected chi connectivity index (χ3v) is 2.18. The first-order valence-electron chi connectivity index (χ1n) is 4.19. The Bertz CT molecular complexity index is 395. The molecule has 0 aliphatic heterocycles. The maximum Gasteiger partial charge on any atom is 0.172 e. The molecule has 0 atom stereocenters. The molecule has 0 spiro atoms. The van der Waals surface area contributed by atoms with E-state index < -0.39 is 0 Å². The summed E-state index contributed by atoms with van der Waals surface area (Å²) in [5.41, 5.74) is 3.59. The van der Waals surface area contributed by atoms with Crippen molar-refractivity contribution in [2.75, 3.05) is 0 Å². The summed E-state index contributed by atoms with van der Waals surface area (Å²) >= 11 is 0. The van der Waals surface area contributed by atoms with Gasteiger partial charge < -0.3 is 0 Å². The zero-order valence-corrected chi connectivity index (χ0v) is 7.63. The summed E-state index contributed by atoms with van der Waals surface area (Å²) in [5, 5.41) is 3.21. The van der Waals surface area contributed by atoms with Crippen molar-refractivity contribution >= 4 is 11.2 Å². The lowest BCUT2D eigenvalue weighted by molar-refractivity contribution is 0.733. The summed E-state index contributed by atoms with van der Waals surface area (Å²) in [7, 11) is 1.97. The van der Waals surface area contributed by atoms with E-state index in [1.54, 1.807) is 0 Å². The Hall–Kier alpha value is -1.25. The number of nitrogens with zero attached hydrogens (tertiary/aromatic N) is 2. The Morgan fingerprint density at radius 2 is 2.25 bits per heavy atom. The van der Waals surface area contributed by atoms with E-state index in [-0.39, 0.29) is 0 Å². The van der Waals surface area contributed by atoms with Gasteiger partial charge in [0, 0.05) is 13.2 Å². The highest BCUT2D eigenvalue weighted by molar-refractivity contribution is 5.76. The van der Waals surface area contributed by atoms with Gasteiger partial charge in [0.05, 0.1) is 0 Å². The third kappa shape index (κ3) is 0.858. The number of rotatable bonds is 1. The van der Waals surface area contributed by atoms with Gasteiger partial charge in [-0.2, -0.15) is 0 Å². The third-order valence-electron chi connectivity index (χ3n) is 2.18. The van der Waals surface area contributed by atoms with Crippen LogP contribution in [0.4, 0.5) is 0 Å². The Morgan fingerprint density at radius 1 is 1.50 bits per heavy atom. The van der Waals surface area contributed by atoms with Crippen LogP contribution >= 0.6 is 0 Å². The number of aromatic nitrogens is 3. The molecule has 0 unspecified atom stereocenters. The van der Waals surface area contributed by atoms with Gasteiger partial charge in [-0.1, -0.05) is 13.8 Å². The van der Waals surface area contributed by atoms with Crippen LogP contribution in [0.5, 0.6) is 0 Å². The molecule has 2 aromatic heterocycles. The lowest BCUT2D eigenvalue weighted by atomic mass is 10.0. The fourth-order valence-electron chi connectivity index (χ4n) is 1.48. The molecular formula is C9H13N3. The summed E-state index contributed by atoms with van der Waals surface area (Å²) in [6.07, 6.45) is 1.87. The molecule has 0 radical (unpaired) electrons. The predicted molar refractivity (Wildman–Crippen MR) is 49.2 cm³/mol. The van der Waals surface area contributed by atoms with Gasteiger partial charge in [-0.15, -0.1) is 0 Å². The van der Waals surface area contributed by atoms with Gasteiger partial charge in [-0.05, 0) is 17.5 Å². The van der Waals surface area contributed by atoms with Crippen molar-refractivity contribution in [3.8, 4) is 0 Å². The maximum absolute atomic E-state index is 4.25. The molecule has 2 aromatic rings. The molecule has 2 heterocycles. The van der Waals surface area contributed by atoms with Crippen LogP contribution in [0.15, 0.2) is 12.3 Å². The first-order valence-corrected chi connectivity index (χ1v) is 4.19. The average Bonchev–Trinajstić information content (AvgIpc) is 2.02. The van der Waals surface area contributed by atoms with Crippen LogP contribution in [0.2, 0.25) is 0 Å². The fourth-order valence-corrected chi connectivity index (χ4v) is 1.48. The van der Waals surface area contributed by atoms with Crippen LogP contribution in [0, 0.1) is 0 Å². The van der Waals surface area contributed by atoms with Crippen molar-refractivity contribution in [2.45, 2.75) is 19.8 Å². The van der Waals surface area contributed by atoms with Crippen molar-refractivity contribution in [1.82, 2.24) is 14.8 Å². The number of aromatic amines is 1.